The monoisotopic (exact) mass is 369 g/mol. The van der Waals surface area contributed by atoms with Crippen LogP contribution in [-0.2, 0) is 26.3 Å². The Kier molecular flexibility index (Phi) is 6.89. The highest BCUT2D eigenvalue weighted by atomic mass is 32.2. The normalized spacial score (nSPS) is 11.4. The first-order valence-electron chi connectivity index (χ1n) is 7.25. The highest BCUT2D eigenvalue weighted by molar-refractivity contribution is 7.98. The van der Waals surface area contributed by atoms with Crippen LogP contribution >= 0.6 is 11.8 Å². The third-order valence-electron chi connectivity index (χ3n) is 3.12. The number of ether oxygens (including phenoxy) is 1. The number of hydrogen-bond acceptors (Lipinski definition) is 6. The average molecular weight is 369 g/mol. The number of thioether (sulfide) groups is 1. The molecule has 1 aromatic heterocycles. The van der Waals surface area contributed by atoms with Gasteiger partial charge in [0, 0.05) is 12.3 Å². The summed E-state index contributed by atoms with van der Waals surface area (Å²) in [5, 5.41) is 0. The van der Waals surface area contributed by atoms with Gasteiger partial charge in [0.15, 0.2) is 0 Å². The Labute approximate surface area is 145 Å². The van der Waals surface area contributed by atoms with Crippen molar-refractivity contribution in [3.63, 3.8) is 0 Å². The van der Waals surface area contributed by atoms with Crippen molar-refractivity contribution in [2.75, 3.05) is 19.4 Å². The van der Waals surface area contributed by atoms with Crippen LogP contribution < -0.4 is 4.72 Å². The average Bonchev–Trinajstić information content (AvgIpc) is 3.07. The molecule has 0 bridgehead atoms. The minimum Gasteiger partial charge on any atom is -0.468 e. The van der Waals surface area contributed by atoms with Gasteiger partial charge in [0.25, 0.3) is 0 Å². The Bertz CT molecular complexity index is 739. The molecule has 1 heterocycles. The van der Waals surface area contributed by atoms with E-state index >= 15 is 0 Å². The number of benzene rings is 1. The summed E-state index contributed by atoms with van der Waals surface area (Å²) in [5.74, 6) is 1.66. The van der Waals surface area contributed by atoms with Gasteiger partial charge in [0.05, 0.1) is 30.4 Å². The van der Waals surface area contributed by atoms with Crippen LogP contribution in [0.4, 0.5) is 0 Å². The van der Waals surface area contributed by atoms with Crippen LogP contribution in [-0.4, -0.2) is 33.8 Å². The van der Waals surface area contributed by atoms with Gasteiger partial charge in [-0.15, -0.1) is 0 Å². The SMILES string of the molecule is COC(=O)c1ccc(CS(=O)(=O)NCCSCc2ccco2)cc1. The van der Waals surface area contributed by atoms with Crippen molar-refractivity contribution in [3.05, 3.63) is 59.5 Å². The largest absolute Gasteiger partial charge is 0.468 e. The summed E-state index contributed by atoms with van der Waals surface area (Å²) in [7, 11) is -2.11. The smallest absolute Gasteiger partial charge is 0.337 e. The van der Waals surface area contributed by atoms with Gasteiger partial charge < -0.3 is 9.15 Å². The first-order chi connectivity index (χ1) is 11.5. The highest BCUT2D eigenvalue weighted by Crippen LogP contribution is 2.12. The maximum Gasteiger partial charge on any atom is 0.337 e. The molecule has 1 aromatic carbocycles. The standard InChI is InChI=1S/C16H19NO5S2/c1-21-16(18)14-6-4-13(5-7-14)12-24(19,20)17-8-10-23-11-15-3-2-9-22-15/h2-7,9,17H,8,10-12H2,1H3. The zero-order valence-electron chi connectivity index (χ0n) is 13.2. The molecule has 0 spiro atoms. The Morgan fingerprint density at radius 1 is 1.25 bits per heavy atom. The van der Waals surface area contributed by atoms with Crippen molar-refractivity contribution >= 4 is 27.8 Å². The Hall–Kier alpha value is -1.77. The van der Waals surface area contributed by atoms with E-state index in [1.165, 1.54) is 7.11 Å². The molecule has 0 radical (unpaired) electrons. The number of sulfonamides is 1. The molecule has 0 atom stereocenters. The van der Waals surface area contributed by atoms with Crippen LogP contribution in [0.15, 0.2) is 47.1 Å². The molecule has 2 rings (SSSR count). The third kappa shape index (κ3) is 6.03. The lowest BCUT2D eigenvalue weighted by molar-refractivity contribution is 0.0600. The number of methoxy groups -OCH3 is 1. The molecule has 6 nitrogen and oxygen atoms in total. The van der Waals surface area contributed by atoms with E-state index in [1.807, 2.05) is 12.1 Å². The van der Waals surface area contributed by atoms with Gasteiger partial charge in [0.2, 0.25) is 10.0 Å². The minimum atomic E-state index is -3.41. The van der Waals surface area contributed by atoms with Crippen LogP contribution in [0.1, 0.15) is 21.7 Å². The molecular formula is C16H19NO5S2. The number of furan rings is 1. The van der Waals surface area contributed by atoms with E-state index in [2.05, 4.69) is 9.46 Å². The molecule has 0 saturated carbocycles. The van der Waals surface area contributed by atoms with E-state index in [0.717, 1.165) is 5.76 Å². The fraction of sp³-hybridized carbons (Fsp3) is 0.312. The molecule has 1 N–H and O–H groups in total. The first-order valence-corrected chi connectivity index (χ1v) is 10.1. The van der Waals surface area contributed by atoms with Crippen LogP contribution in [0.3, 0.4) is 0 Å². The molecule has 0 aliphatic carbocycles. The van der Waals surface area contributed by atoms with Gasteiger partial charge in [-0.25, -0.2) is 17.9 Å². The summed E-state index contributed by atoms with van der Waals surface area (Å²) >= 11 is 1.59. The predicted molar refractivity (Wildman–Crippen MR) is 93.3 cm³/mol. The zero-order chi connectivity index (χ0) is 17.4. The molecule has 0 unspecified atom stereocenters. The fourth-order valence-corrected chi connectivity index (χ4v) is 3.99. The number of carbonyl (C=O) groups is 1. The van der Waals surface area contributed by atoms with E-state index in [0.29, 0.717) is 29.2 Å². The van der Waals surface area contributed by atoms with E-state index in [-0.39, 0.29) is 5.75 Å². The summed E-state index contributed by atoms with van der Waals surface area (Å²) in [4.78, 5) is 11.3. The van der Waals surface area contributed by atoms with Crippen LogP contribution in [0.25, 0.3) is 0 Å². The molecule has 0 saturated heterocycles. The number of esters is 1. The van der Waals surface area contributed by atoms with Crippen molar-refractivity contribution in [3.8, 4) is 0 Å². The first kappa shape index (κ1) is 18.6. The fourth-order valence-electron chi connectivity index (χ4n) is 1.96. The number of nitrogens with one attached hydrogen (secondary N) is 1. The van der Waals surface area contributed by atoms with Crippen molar-refractivity contribution in [2.45, 2.75) is 11.5 Å². The highest BCUT2D eigenvalue weighted by Gasteiger charge is 2.12. The maximum atomic E-state index is 12.0. The number of rotatable bonds is 9. The second-order valence-corrected chi connectivity index (χ2v) is 7.89. The van der Waals surface area contributed by atoms with Crippen LogP contribution in [0, 0.1) is 0 Å². The quantitative estimate of drug-likeness (QED) is 0.540. The van der Waals surface area contributed by atoms with Crippen molar-refractivity contribution in [2.24, 2.45) is 0 Å². The second-order valence-electron chi connectivity index (χ2n) is 4.97. The van der Waals surface area contributed by atoms with Gasteiger partial charge in [-0.2, -0.15) is 11.8 Å². The van der Waals surface area contributed by atoms with E-state index in [9.17, 15) is 13.2 Å². The molecular weight excluding hydrogens is 350 g/mol. The van der Waals surface area contributed by atoms with Gasteiger partial charge in [0.1, 0.15) is 5.76 Å². The summed E-state index contributed by atoms with van der Waals surface area (Å²) in [5.41, 5.74) is 0.999. The van der Waals surface area contributed by atoms with E-state index < -0.39 is 16.0 Å². The third-order valence-corrected chi connectivity index (χ3v) is 5.46. The van der Waals surface area contributed by atoms with Crippen LogP contribution in [0.2, 0.25) is 0 Å². The minimum absolute atomic E-state index is 0.128. The molecule has 0 fully saturated rings. The second kappa shape index (κ2) is 8.91. The van der Waals surface area contributed by atoms with Gasteiger partial charge in [-0.05, 0) is 29.8 Å². The Morgan fingerprint density at radius 2 is 2.00 bits per heavy atom. The topological polar surface area (TPSA) is 85.6 Å². The molecule has 130 valence electrons. The summed E-state index contributed by atoms with van der Waals surface area (Å²) in [6.07, 6.45) is 1.62. The van der Waals surface area contributed by atoms with Crippen LogP contribution in [0.5, 0.6) is 0 Å². The molecule has 0 amide bonds. The molecule has 24 heavy (non-hydrogen) atoms. The maximum absolute atomic E-state index is 12.0. The van der Waals surface area contributed by atoms with Gasteiger partial charge in [-0.1, -0.05) is 12.1 Å². The predicted octanol–water partition coefficient (Wildman–Crippen LogP) is 2.42. The summed E-state index contributed by atoms with van der Waals surface area (Å²) in [6, 6.07) is 10.0. The number of hydrogen-bond donors (Lipinski definition) is 1. The Morgan fingerprint density at radius 3 is 2.62 bits per heavy atom. The lowest BCUT2D eigenvalue weighted by atomic mass is 10.1. The van der Waals surface area contributed by atoms with Crippen molar-refractivity contribution in [1.29, 1.82) is 0 Å². The lowest BCUT2D eigenvalue weighted by Crippen LogP contribution is -2.27. The lowest BCUT2D eigenvalue weighted by Gasteiger charge is -2.07. The number of carbonyl (C=O) groups excluding carboxylic acids is 1. The van der Waals surface area contributed by atoms with Crippen molar-refractivity contribution in [1.82, 2.24) is 4.72 Å². The summed E-state index contributed by atoms with van der Waals surface area (Å²) < 4.78 is 36.4. The summed E-state index contributed by atoms with van der Waals surface area (Å²) in [6.45, 7) is 0.355. The van der Waals surface area contributed by atoms with Gasteiger partial charge in [-0.3, -0.25) is 0 Å². The molecule has 0 aliphatic heterocycles. The van der Waals surface area contributed by atoms with E-state index in [1.54, 1.807) is 42.3 Å². The Balaban J connectivity index is 1.75. The zero-order valence-corrected chi connectivity index (χ0v) is 14.9. The van der Waals surface area contributed by atoms with Crippen molar-refractivity contribution < 1.29 is 22.4 Å². The van der Waals surface area contributed by atoms with E-state index in [4.69, 9.17) is 4.42 Å². The molecule has 8 heteroatoms. The molecule has 0 aliphatic rings. The van der Waals surface area contributed by atoms with Gasteiger partial charge >= 0.3 is 5.97 Å². The molecule has 2 aromatic rings.